The minimum Gasteiger partial charge on any atom is -0.710 e. The van der Waals surface area contributed by atoms with Crippen LogP contribution in [-0.2, 0) is 4.33 Å². The first-order valence-corrected chi connectivity index (χ1v) is 3.60. The molecule has 0 aliphatic rings. The summed E-state index contributed by atoms with van der Waals surface area (Å²) >= 11 is 0.828. The molecule has 0 radical (unpaired) electrons. The minimum absolute atomic E-state index is 0.828. The summed E-state index contributed by atoms with van der Waals surface area (Å²) in [4.78, 5) is 0.834. The van der Waals surface area contributed by atoms with Gasteiger partial charge in [0.25, 0.3) is 0 Å². The van der Waals surface area contributed by atoms with Gasteiger partial charge in [-0.2, -0.15) is 0 Å². The van der Waals surface area contributed by atoms with E-state index in [0.717, 1.165) is 16.9 Å². The standard InChI is InChI=1S/C7H8O2S/c1-6-2-4-7(5-3-6)10-9-8/h2-5,8H,1H3/p-1. The van der Waals surface area contributed by atoms with E-state index in [9.17, 15) is 5.26 Å². The lowest BCUT2D eigenvalue weighted by Gasteiger charge is -2.03. The van der Waals surface area contributed by atoms with Crippen LogP contribution in [0.25, 0.3) is 0 Å². The highest BCUT2D eigenvalue weighted by molar-refractivity contribution is 7.94. The quantitative estimate of drug-likeness (QED) is 0.366. The molecule has 0 aliphatic heterocycles. The molecule has 0 heterocycles. The smallest absolute Gasteiger partial charge is 0.0346 e. The molecule has 1 rings (SSSR count). The topological polar surface area (TPSA) is 32.3 Å². The van der Waals surface area contributed by atoms with E-state index in [-0.39, 0.29) is 0 Å². The lowest BCUT2D eigenvalue weighted by atomic mass is 10.2. The summed E-state index contributed by atoms with van der Waals surface area (Å²) in [6.07, 6.45) is 0. The predicted octanol–water partition coefficient (Wildman–Crippen LogP) is 1.29. The molecular weight excluding hydrogens is 148 g/mol. The number of hydrogen-bond acceptors (Lipinski definition) is 3. The molecule has 0 aromatic heterocycles. The molecule has 0 atom stereocenters. The summed E-state index contributed by atoms with van der Waals surface area (Å²) in [5.41, 5.74) is 1.18. The highest BCUT2D eigenvalue weighted by Crippen LogP contribution is 2.16. The lowest BCUT2D eigenvalue weighted by Crippen LogP contribution is -1.94. The van der Waals surface area contributed by atoms with Gasteiger partial charge in [-0.05, 0) is 19.1 Å². The largest absolute Gasteiger partial charge is 0.710 e. The molecule has 0 amide bonds. The molecule has 0 bridgehead atoms. The second kappa shape index (κ2) is 3.61. The SMILES string of the molecule is Cc1ccc(SO[O-])cc1. The summed E-state index contributed by atoms with van der Waals surface area (Å²) in [7, 11) is 0. The third kappa shape index (κ3) is 2.02. The van der Waals surface area contributed by atoms with Crippen LogP contribution in [0.3, 0.4) is 0 Å². The van der Waals surface area contributed by atoms with Gasteiger partial charge in [-0.15, -0.1) is 0 Å². The molecule has 0 saturated carbocycles. The molecule has 0 unspecified atom stereocenters. The number of rotatable bonds is 2. The van der Waals surface area contributed by atoms with E-state index in [1.165, 1.54) is 5.56 Å². The molecule has 0 spiro atoms. The van der Waals surface area contributed by atoms with Crippen molar-refractivity contribution in [2.75, 3.05) is 0 Å². The summed E-state index contributed by atoms with van der Waals surface area (Å²) < 4.78 is 3.63. The maximum atomic E-state index is 9.65. The van der Waals surface area contributed by atoms with Crippen molar-refractivity contribution in [1.29, 1.82) is 0 Å². The van der Waals surface area contributed by atoms with Gasteiger partial charge < -0.3 is 9.59 Å². The van der Waals surface area contributed by atoms with E-state index in [1.54, 1.807) is 0 Å². The number of benzene rings is 1. The minimum atomic E-state index is 0.828. The summed E-state index contributed by atoms with van der Waals surface area (Å²) in [6.45, 7) is 1.99. The van der Waals surface area contributed by atoms with Gasteiger partial charge in [0.05, 0.1) is 0 Å². The van der Waals surface area contributed by atoms with Crippen molar-refractivity contribution in [3.63, 3.8) is 0 Å². The van der Waals surface area contributed by atoms with Crippen molar-refractivity contribution in [2.45, 2.75) is 11.8 Å². The lowest BCUT2D eigenvalue weighted by molar-refractivity contribution is -0.630. The first-order chi connectivity index (χ1) is 4.83. The van der Waals surface area contributed by atoms with Gasteiger partial charge in [0.15, 0.2) is 0 Å². The van der Waals surface area contributed by atoms with Crippen LogP contribution < -0.4 is 5.26 Å². The van der Waals surface area contributed by atoms with Crippen LogP contribution >= 0.6 is 12.0 Å². The Morgan fingerprint density at radius 2 is 1.90 bits per heavy atom. The van der Waals surface area contributed by atoms with Gasteiger partial charge in [0, 0.05) is 16.9 Å². The van der Waals surface area contributed by atoms with Crippen LogP contribution in [0.1, 0.15) is 5.56 Å². The van der Waals surface area contributed by atoms with Crippen molar-refractivity contribution >= 4 is 12.0 Å². The number of hydrogen-bond donors (Lipinski definition) is 0. The van der Waals surface area contributed by atoms with E-state index in [1.807, 2.05) is 31.2 Å². The average molecular weight is 155 g/mol. The van der Waals surface area contributed by atoms with Crippen molar-refractivity contribution < 1.29 is 9.59 Å². The van der Waals surface area contributed by atoms with Gasteiger partial charge >= 0.3 is 0 Å². The van der Waals surface area contributed by atoms with E-state index in [4.69, 9.17) is 0 Å². The highest BCUT2D eigenvalue weighted by atomic mass is 32.2. The average Bonchev–Trinajstić information content (AvgIpc) is 1.95. The Morgan fingerprint density at radius 3 is 2.40 bits per heavy atom. The maximum absolute atomic E-state index is 9.65. The molecule has 1 aromatic carbocycles. The molecule has 0 aliphatic carbocycles. The van der Waals surface area contributed by atoms with Crippen LogP contribution in [0, 0.1) is 6.92 Å². The molecule has 0 N–H and O–H groups in total. The Morgan fingerprint density at radius 1 is 1.30 bits per heavy atom. The fraction of sp³-hybridized carbons (Fsp3) is 0.143. The summed E-state index contributed by atoms with van der Waals surface area (Å²) in [5.74, 6) is 0. The van der Waals surface area contributed by atoms with Gasteiger partial charge in [-0.3, -0.25) is 0 Å². The van der Waals surface area contributed by atoms with Crippen molar-refractivity contribution in [3.05, 3.63) is 29.8 Å². The monoisotopic (exact) mass is 155 g/mol. The molecule has 0 saturated heterocycles. The fourth-order valence-corrected chi connectivity index (χ4v) is 0.959. The third-order valence-electron chi connectivity index (χ3n) is 1.15. The Labute approximate surface area is 64.0 Å². The second-order valence-corrected chi connectivity index (χ2v) is 2.74. The molecule has 2 nitrogen and oxygen atoms in total. The van der Waals surface area contributed by atoms with Crippen LogP contribution in [0.5, 0.6) is 0 Å². The van der Waals surface area contributed by atoms with Crippen molar-refractivity contribution in [3.8, 4) is 0 Å². The van der Waals surface area contributed by atoms with E-state index < -0.39 is 0 Å². The second-order valence-electron chi connectivity index (χ2n) is 1.96. The van der Waals surface area contributed by atoms with Crippen LogP contribution in [0.2, 0.25) is 0 Å². The molecule has 54 valence electrons. The zero-order chi connectivity index (χ0) is 7.40. The molecule has 1 aromatic rings. The molecule has 0 fully saturated rings. The van der Waals surface area contributed by atoms with Gasteiger partial charge in [-0.25, -0.2) is 0 Å². The van der Waals surface area contributed by atoms with Crippen molar-refractivity contribution in [1.82, 2.24) is 0 Å². The van der Waals surface area contributed by atoms with Gasteiger partial charge in [-0.1, -0.05) is 17.7 Å². The fourth-order valence-electron chi connectivity index (χ4n) is 0.633. The van der Waals surface area contributed by atoms with Gasteiger partial charge in [0.1, 0.15) is 0 Å². The van der Waals surface area contributed by atoms with Crippen molar-refractivity contribution in [2.24, 2.45) is 0 Å². The highest BCUT2D eigenvalue weighted by Gasteiger charge is 1.88. The summed E-state index contributed by atoms with van der Waals surface area (Å²) in [5, 5.41) is 9.65. The van der Waals surface area contributed by atoms with E-state index >= 15 is 0 Å². The normalized spacial score (nSPS) is 9.80. The maximum Gasteiger partial charge on any atom is 0.0346 e. The summed E-state index contributed by atoms with van der Waals surface area (Å²) in [6, 6.07) is 7.55. The molecule has 3 heteroatoms. The first-order valence-electron chi connectivity index (χ1n) is 2.86. The molecule has 10 heavy (non-hydrogen) atoms. The van der Waals surface area contributed by atoms with Crippen LogP contribution in [0.15, 0.2) is 29.2 Å². The Kier molecular flexibility index (Phi) is 2.74. The molecular formula is C7H7O2S-. The van der Waals surface area contributed by atoms with E-state index in [2.05, 4.69) is 4.33 Å². The zero-order valence-corrected chi connectivity index (χ0v) is 6.35. The number of aryl methyl sites for hydroxylation is 1. The first kappa shape index (κ1) is 7.60. The van der Waals surface area contributed by atoms with Crippen LogP contribution in [-0.4, -0.2) is 0 Å². The zero-order valence-electron chi connectivity index (χ0n) is 5.53. The van der Waals surface area contributed by atoms with Gasteiger partial charge in [0.2, 0.25) is 0 Å². The van der Waals surface area contributed by atoms with E-state index in [0.29, 0.717) is 0 Å². The Balaban J connectivity index is 2.69. The Bertz CT molecular complexity index is 195. The predicted molar refractivity (Wildman–Crippen MR) is 38.1 cm³/mol. The third-order valence-corrected chi connectivity index (χ3v) is 1.68. The Hall–Kier alpha value is -0.510. The van der Waals surface area contributed by atoms with Crippen LogP contribution in [0.4, 0.5) is 0 Å².